The number of hydrogen-bond acceptors (Lipinski definition) is 3. The third kappa shape index (κ3) is 6.23. The van der Waals surface area contributed by atoms with Crippen LogP contribution in [-0.2, 0) is 22.6 Å². The standard InChI is InChI=1S/C25H31ClN2O3/c1-3-23(25(30)27-20-9-5-6-10-20)28(17-19-8-4-7-11-22(19)26)24(29)16-18-12-14-21(31-2)15-13-18/h4,7-8,11-15,20,23H,3,5-6,9-10,16-17H2,1-2H3,(H,27,30)/t23-/m1/s1. The summed E-state index contributed by atoms with van der Waals surface area (Å²) in [7, 11) is 1.61. The number of benzene rings is 2. The molecule has 0 spiro atoms. The molecule has 1 saturated carbocycles. The number of halogens is 1. The minimum atomic E-state index is -0.539. The molecule has 2 aromatic carbocycles. The van der Waals surface area contributed by atoms with Gasteiger partial charge in [0.05, 0.1) is 13.5 Å². The summed E-state index contributed by atoms with van der Waals surface area (Å²) in [4.78, 5) is 28.2. The van der Waals surface area contributed by atoms with Crippen LogP contribution in [0.25, 0.3) is 0 Å². The monoisotopic (exact) mass is 442 g/mol. The van der Waals surface area contributed by atoms with Crippen molar-refractivity contribution in [1.29, 1.82) is 0 Å². The lowest BCUT2D eigenvalue weighted by Crippen LogP contribution is -2.51. The maximum atomic E-state index is 13.4. The summed E-state index contributed by atoms with van der Waals surface area (Å²) in [5.41, 5.74) is 1.71. The highest BCUT2D eigenvalue weighted by Gasteiger charge is 2.30. The number of nitrogens with one attached hydrogen (secondary N) is 1. The number of carbonyl (C=O) groups excluding carboxylic acids is 2. The van der Waals surface area contributed by atoms with E-state index in [9.17, 15) is 9.59 Å². The molecule has 1 aliphatic rings. The molecular formula is C25H31ClN2O3. The second kappa shape index (κ2) is 11.2. The van der Waals surface area contributed by atoms with Crippen molar-refractivity contribution in [3.8, 4) is 5.75 Å². The molecule has 31 heavy (non-hydrogen) atoms. The van der Waals surface area contributed by atoms with Crippen molar-refractivity contribution in [3.05, 3.63) is 64.7 Å². The molecule has 3 rings (SSSR count). The van der Waals surface area contributed by atoms with E-state index in [0.29, 0.717) is 18.0 Å². The highest BCUT2D eigenvalue weighted by atomic mass is 35.5. The van der Waals surface area contributed by atoms with Crippen LogP contribution in [0.2, 0.25) is 5.02 Å². The van der Waals surface area contributed by atoms with Crippen LogP contribution in [0.5, 0.6) is 5.75 Å². The average molecular weight is 443 g/mol. The lowest BCUT2D eigenvalue weighted by molar-refractivity contribution is -0.141. The highest BCUT2D eigenvalue weighted by molar-refractivity contribution is 6.31. The quantitative estimate of drug-likeness (QED) is 0.609. The molecule has 0 saturated heterocycles. The van der Waals surface area contributed by atoms with Crippen molar-refractivity contribution in [2.24, 2.45) is 0 Å². The maximum Gasteiger partial charge on any atom is 0.243 e. The summed E-state index contributed by atoms with van der Waals surface area (Å²) in [5, 5.41) is 3.76. The van der Waals surface area contributed by atoms with Gasteiger partial charge in [-0.2, -0.15) is 0 Å². The summed E-state index contributed by atoms with van der Waals surface area (Å²) in [6.07, 6.45) is 5.04. The molecule has 0 heterocycles. The Bertz CT molecular complexity index is 879. The molecule has 1 N–H and O–H groups in total. The van der Waals surface area contributed by atoms with Crippen LogP contribution in [0.4, 0.5) is 0 Å². The Kier molecular flexibility index (Phi) is 8.35. The maximum absolute atomic E-state index is 13.4. The highest BCUT2D eigenvalue weighted by Crippen LogP contribution is 2.22. The first kappa shape index (κ1) is 23.1. The number of carbonyl (C=O) groups is 2. The Balaban J connectivity index is 1.81. The van der Waals surface area contributed by atoms with Crippen molar-refractivity contribution in [3.63, 3.8) is 0 Å². The van der Waals surface area contributed by atoms with Crippen LogP contribution in [0.15, 0.2) is 48.5 Å². The first-order valence-electron chi connectivity index (χ1n) is 11.0. The van der Waals surface area contributed by atoms with Crippen LogP contribution in [0, 0.1) is 0 Å². The van der Waals surface area contributed by atoms with Crippen LogP contribution in [-0.4, -0.2) is 35.9 Å². The zero-order valence-corrected chi connectivity index (χ0v) is 19.0. The van der Waals surface area contributed by atoms with Gasteiger partial charge in [-0.1, -0.05) is 61.7 Å². The minimum absolute atomic E-state index is 0.0791. The SMILES string of the molecule is CC[C@H](C(=O)NC1CCCC1)N(Cc1ccccc1Cl)C(=O)Cc1ccc(OC)cc1. The summed E-state index contributed by atoms with van der Waals surface area (Å²) in [6, 6.07) is 14.6. The van der Waals surface area contributed by atoms with Gasteiger partial charge in [0.1, 0.15) is 11.8 Å². The Morgan fingerprint density at radius 2 is 1.81 bits per heavy atom. The molecule has 0 unspecified atom stereocenters. The summed E-state index contributed by atoms with van der Waals surface area (Å²) >= 11 is 6.38. The number of methoxy groups -OCH3 is 1. The number of rotatable bonds is 9. The van der Waals surface area contributed by atoms with E-state index in [2.05, 4.69) is 5.32 Å². The predicted molar refractivity (Wildman–Crippen MR) is 123 cm³/mol. The number of hydrogen-bond donors (Lipinski definition) is 1. The van der Waals surface area contributed by atoms with E-state index < -0.39 is 6.04 Å². The van der Waals surface area contributed by atoms with Gasteiger partial charge in [-0.3, -0.25) is 9.59 Å². The van der Waals surface area contributed by atoms with Crippen molar-refractivity contribution >= 4 is 23.4 Å². The van der Waals surface area contributed by atoms with E-state index in [-0.39, 0.29) is 24.3 Å². The van der Waals surface area contributed by atoms with Gasteiger partial charge in [-0.15, -0.1) is 0 Å². The van der Waals surface area contributed by atoms with Gasteiger partial charge in [0, 0.05) is 17.6 Å². The van der Waals surface area contributed by atoms with Crippen LogP contribution < -0.4 is 10.1 Å². The van der Waals surface area contributed by atoms with Gasteiger partial charge in [-0.05, 0) is 48.6 Å². The van der Waals surface area contributed by atoms with Gasteiger partial charge in [0.15, 0.2) is 0 Å². The molecule has 1 atom stereocenters. The molecule has 0 radical (unpaired) electrons. The minimum Gasteiger partial charge on any atom is -0.497 e. The van der Waals surface area contributed by atoms with E-state index in [1.54, 1.807) is 12.0 Å². The summed E-state index contributed by atoms with van der Waals surface area (Å²) < 4.78 is 5.20. The van der Waals surface area contributed by atoms with Crippen molar-refractivity contribution in [2.45, 2.75) is 64.1 Å². The van der Waals surface area contributed by atoms with E-state index >= 15 is 0 Å². The Morgan fingerprint density at radius 3 is 2.42 bits per heavy atom. The lowest BCUT2D eigenvalue weighted by Gasteiger charge is -2.32. The number of amides is 2. The van der Waals surface area contributed by atoms with Gasteiger partial charge >= 0.3 is 0 Å². The van der Waals surface area contributed by atoms with Crippen molar-refractivity contribution < 1.29 is 14.3 Å². The molecule has 1 fully saturated rings. The fraction of sp³-hybridized carbons (Fsp3) is 0.440. The molecule has 0 bridgehead atoms. The Morgan fingerprint density at radius 1 is 1.13 bits per heavy atom. The fourth-order valence-electron chi connectivity index (χ4n) is 4.12. The summed E-state index contributed by atoms with van der Waals surface area (Å²) in [5.74, 6) is 0.564. The van der Waals surface area contributed by atoms with E-state index in [1.807, 2.05) is 55.5 Å². The van der Waals surface area contributed by atoms with Crippen LogP contribution in [0.3, 0.4) is 0 Å². The van der Waals surface area contributed by atoms with Gasteiger partial charge < -0.3 is 15.0 Å². The first-order chi connectivity index (χ1) is 15.0. The van der Waals surface area contributed by atoms with Gasteiger partial charge in [0.2, 0.25) is 11.8 Å². The predicted octanol–water partition coefficient (Wildman–Crippen LogP) is 4.76. The molecule has 166 valence electrons. The topological polar surface area (TPSA) is 58.6 Å². The lowest BCUT2D eigenvalue weighted by atomic mass is 10.1. The van der Waals surface area contributed by atoms with Crippen molar-refractivity contribution in [1.82, 2.24) is 10.2 Å². The van der Waals surface area contributed by atoms with Gasteiger partial charge in [0.25, 0.3) is 0 Å². The average Bonchev–Trinajstić information content (AvgIpc) is 3.28. The second-order valence-corrected chi connectivity index (χ2v) is 8.46. The summed E-state index contributed by atoms with van der Waals surface area (Å²) in [6.45, 7) is 2.24. The van der Waals surface area contributed by atoms with Crippen LogP contribution >= 0.6 is 11.6 Å². The molecule has 2 amide bonds. The molecule has 0 aromatic heterocycles. The molecule has 1 aliphatic carbocycles. The molecule has 5 nitrogen and oxygen atoms in total. The number of nitrogens with zero attached hydrogens (tertiary/aromatic N) is 1. The first-order valence-corrected chi connectivity index (χ1v) is 11.4. The largest absolute Gasteiger partial charge is 0.497 e. The zero-order valence-electron chi connectivity index (χ0n) is 18.3. The molecular weight excluding hydrogens is 412 g/mol. The number of ether oxygens (including phenoxy) is 1. The smallest absolute Gasteiger partial charge is 0.243 e. The van der Waals surface area contributed by atoms with E-state index in [1.165, 1.54) is 0 Å². The molecule has 0 aliphatic heterocycles. The van der Waals surface area contributed by atoms with E-state index in [0.717, 1.165) is 42.6 Å². The fourth-order valence-corrected chi connectivity index (χ4v) is 4.31. The Labute approximate surface area is 189 Å². The normalized spacial score (nSPS) is 14.8. The van der Waals surface area contributed by atoms with Crippen LogP contribution in [0.1, 0.15) is 50.2 Å². The molecule has 2 aromatic rings. The van der Waals surface area contributed by atoms with E-state index in [4.69, 9.17) is 16.3 Å². The Hall–Kier alpha value is -2.53. The third-order valence-electron chi connectivity index (χ3n) is 5.90. The van der Waals surface area contributed by atoms with Gasteiger partial charge in [-0.25, -0.2) is 0 Å². The third-order valence-corrected chi connectivity index (χ3v) is 6.27. The second-order valence-electron chi connectivity index (χ2n) is 8.05. The van der Waals surface area contributed by atoms with Crippen molar-refractivity contribution in [2.75, 3.05) is 7.11 Å². The zero-order chi connectivity index (χ0) is 22.2. The molecule has 6 heteroatoms.